The second-order valence-electron chi connectivity index (χ2n) is 4.75. The van der Waals surface area contributed by atoms with Crippen LogP contribution in [0.5, 0.6) is 5.75 Å². The molecule has 0 radical (unpaired) electrons. The number of benzene rings is 2. The monoisotopic (exact) mass is 254 g/mol. The van der Waals surface area contributed by atoms with Crippen LogP contribution in [0.15, 0.2) is 42.5 Å². The number of aromatic hydroxyl groups is 1. The Kier molecular flexibility index (Phi) is 2.63. The van der Waals surface area contributed by atoms with Crippen LogP contribution >= 0.6 is 0 Å². The Morgan fingerprint density at radius 2 is 2.05 bits per heavy atom. The molecule has 19 heavy (non-hydrogen) atoms. The van der Waals surface area contributed by atoms with Crippen LogP contribution in [0.3, 0.4) is 0 Å². The number of hydrogen-bond donors (Lipinski definition) is 2. The first kappa shape index (κ1) is 11.6. The molecule has 96 valence electrons. The van der Waals surface area contributed by atoms with Crippen LogP contribution in [-0.2, 0) is 13.1 Å². The van der Waals surface area contributed by atoms with Gasteiger partial charge in [0.2, 0.25) is 0 Å². The molecule has 4 nitrogen and oxygen atoms in total. The third-order valence-corrected chi connectivity index (χ3v) is 3.30. The quantitative estimate of drug-likeness (QED) is 0.807. The van der Waals surface area contributed by atoms with E-state index in [0.717, 1.165) is 11.1 Å². The molecule has 1 aliphatic rings. The minimum atomic E-state index is -0.00866. The summed E-state index contributed by atoms with van der Waals surface area (Å²) in [5.74, 6) is 0.205. The molecule has 4 heteroatoms. The van der Waals surface area contributed by atoms with Crippen molar-refractivity contribution in [2.75, 3.05) is 5.73 Å². The van der Waals surface area contributed by atoms with Gasteiger partial charge in [0.25, 0.3) is 5.91 Å². The van der Waals surface area contributed by atoms with Crippen molar-refractivity contribution in [1.82, 2.24) is 4.90 Å². The Morgan fingerprint density at radius 1 is 1.21 bits per heavy atom. The smallest absolute Gasteiger partial charge is 0.254 e. The van der Waals surface area contributed by atoms with Gasteiger partial charge in [-0.15, -0.1) is 0 Å². The number of carbonyl (C=O) groups is 1. The number of rotatable bonds is 2. The molecule has 1 heterocycles. The van der Waals surface area contributed by atoms with Crippen LogP contribution in [0.2, 0.25) is 0 Å². The van der Waals surface area contributed by atoms with E-state index in [0.29, 0.717) is 24.3 Å². The fraction of sp³-hybridized carbons (Fsp3) is 0.133. The zero-order valence-electron chi connectivity index (χ0n) is 10.3. The number of amides is 1. The highest BCUT2D eigenvalue weighted by Gasteiger charge is 2.27. The van der Waals surface area contributed by atoms with Crippen molar-refractivity contribution in [1.29, 1.82) is 0 Å². The molecule has 0 bridgehead atoms. The van der Waals surface area contributed by atoms with Crippen molar-refractivity contribution in [2.24, 2.45) is 0 Å². The SMILES string of the molecule is Nc1ccc2c(c1)C(=O)N(Cc1cccc(O)c1)C2. The van der Waals surface area contributed by atoms with E-state index in [-0.39, 0.29) is 11.7 Å². The zero-order chi connectivity index (χ0) is 13.4. The molecule has 0 fully saturated rings. The van der Waals surface area contributed by atoms with E-state index >= 15 is 0 Å². The van der Waals surface area contributed by atoms with Crippen LogP contribution in [0.4, 0.5) is 5.69 Å². The molecule has 0 spiro atoms. The lowest BCUT2D eigenvalue weighted by molar-refractivity contribution is 0.0766. The van der Waals surface area contributed by atoms with E-state index in [9.17, 15) is 9.90 Å². The van der Waals surface area contributed by atoms with Gasteiger partial charge in [0, 0.05) is 24.3 Å². The number of phenols is 1. The maximum absolute atomic E-state index is 12.2. The van der Waals surface area contributed by atoms with E-state index in [2.05, 4.69) is 0 Å². The van der Waals surface area contributed by atoms with E-state index in [1.807, 2.05) is 18.2 Å². The van der Waals surface area contributed by atoms with Gasteiger partial charge in [0.1, 0.15) is 5.75 Å². The van der Waals surface area contributed by atoms with Crippen molar-refractivity contribution < 1.29 is 9.90 Å². The van der Waals surface area contributed by atoms with Gasteiger partial charge in [-0.3, -0.25) is 4.79 Å². The second kappa shape index (κ2) is 4.31. The Bertz CT molecular complexity index is 652. The fourth-order valence-electron chi connectivity index (χ4n) is 2.38. The summed E-state index contributed by atoms with van der Waals surface area (Å²) in [7, 11) is 0. The summed E-state index contributed by atoms with van der Waals surface area (Å²) in [6.45, 7) is 1.08. The lowest BCUT2D eigenvalue weighted by Crippen LogP contribution is -2.23. The van der Waals surface area contributed by atoms with Crippen molar-refractivity contribution in [3.63, 3.8) is 0 Å². The van der Waals surface area contributed by atoms with Gasteiger partial charge in [-0.05, 0) is 35.4 Å². The van der Waals surface area contributed by atoms with Gasteiger partial charge in [-0.25, -0.2) is 0 Å². The molecule has 0 aliphatic carbocycles. The summed E-state index contributed by atoms with van der Waals surface area (Å²) < 4.78 is 0. The first-order valence-corrected chi connectivity index (χ1v) is 6.09. The maximum Gasteiger partial charge on any atom is 0.254 e. The van der Waals surface area contributed by atoms with Crippen molar-refractivity contribution in [3.05, 3.63) is 59.2 Å². The number of nitrogens with two attached hydrogens (primary N) is 1. The minimum Gasteiger partial charge on any atom is -0.508 e. The number of fused-ring (bicyclic) bond motifs is 1. The van der Waals surface area contributed by atoms with Gasteiger partial charge in [-0.1, -0.05) is 18.2 Å². The van der Waals surface area contributed by atoms with E-state index in [1.54, 1.807) is 29.2 Å². The number of hydrogen-bond acceptors (Lipinski definition) is 3. The first-order chi connectivity index (χ1) is 9.13. The second-order valence-corrected chi connectivity index (χ2v) is 4.75. The molecule has 2 aromatic carbocycles. The van der Waals surface area contributed by atoms with Crippen LogP contribution < -0.4 is 5.73 Å². The lowest BCUT2D eigenvalue weighted by Gasteiger charge is -2.15. The Balaban J connectivity index is 1.84. The largest absolute Gasteiger partial charge is 0.508 e. The van der Waals surface area contributed by atoms with Crippen molar-refractivity contribution in [2.45, 2.75) is 13.1 Å². The predicted octanol–water partition coefficient (Wildman–Crippen LogP) is 2.13. The Labute approximate surface area is 111 Å². The molecule has 1 aliphatic heterocycles. The van der Waals surface area contributed by atoms with Gasteiger partial charge in [-0.2, -0.15) is 0 Å². The average molecular weight is 254 g/mol. The predicted molar refractivity (Wildman–Crippen MR) is 72.5 cm³/mol. The molecule has 1 amide bonds. The molecule has 3 N–H and O–H groups in total. The highest BCUT2D eigenvalue weighted by atomic mass is 16.3. The number of carbonyl (C=O) groups excluding carboxylic acids is 1. The highest BCUT2D eigenvalue weighted by Crippen LogP contribution is 2.26. The standard InChI is InChI=1S/C15H14N2O2/c16-12-5-4-11-9-17(15(19)14(11)7-12)8-10-2-1-3-13(18)6-10/h1-7,18H,8-9,16H2. The summed E-state index contributed by atoms with van der Waals surface area (Å²) in [5, 5.41) is 9.44. The third-order valence-electron chi connectivity index (χ3n) is 3.30. The molecule has 0 unspecified atom stereocenters. The normalized spacial score (nSPS) is 13.7. The molecule has 0 atom stereocenters. The first-order valence-electron chi connectivity index (χ1n) is 6.09. The minimum absolute atomic E-state index is 0.00866. The maximum atomic E-state index is 12.2. The zero-order valence-corrected chi connectivity index (χ0v) is 10.3. The summed E-state index contributed by atoms with van der Waals surface area (Å²) in [4.78, 5) is 14.0. The lowest BCUT2D eigenvalue weighted by atomic mass is 10.1. The molecule has 2 aromatic rings. The van der Waals surface area contributed by atoms with Crippen LogP contribution in [0.1, 0.15) is 21.5 Å². The van der Waals surface area contributed by atoms with Crippen LogP contribution in [-0.4, -0.2) is 15.9 Å². The molecule has 0 saturated heterocycles. The molecule has 0 aromatic heterocycles. The van der Waals surface area contributed by atoms with Crippen LogP contribution in [0, 0.1) is 0 Å². The van der Waals surface area contributed by atoms with Crippen molar-refractivity contribution >= 4 is 11.6 Å². The summed E-state index contributed by atoms with van der Waals surface area (Å²) in [6.07, 6.45) is 0. The number of anilines is 1. The van der Waals surface area contributed by atoms with Crippen molar-refractivity contribution in [3.8, 4) is 5.75 Å². The van der Waals surface area contributed by atoms with Crippen LogP contribution in [0.25, 0.3) is 0 Å². The number of nitrogen functional groups attached to an aromatic ring is 1. The van der Waals surface area contributed by atoms with Gasteiger partial charge in [0.15, 0.2) is 0 Å². The highest BCUT2D eigenvalue weighted by molar-refractivity contribution is 5.99. The average Bonchev–Trinajstić information content (AvgIpc) is 2.67. The number of phenolic OH excluding ortho intramolecular Hbond substituents is 1. The summed E-state index contributed by atoms with van der Waals surface area (Å²) in [6, 6.07) is 12.4. The summed E-state index contributed by atoms with van der Waals surface area (Å²) >= 11 is 0. The topological polar surface area (TPSA) is 66.6 Å². The van der Waals surface area contributed by atoms with Gasteiger partial charge >= 0.3 is 0 Å². The van der Waals surface area contributed by atoms with E-state index < -0.39 is 0 Å². The third kappa shape index (κ3) is 2.12. The molecular weight excluding hydrogens is 240 g/mol. The Morgan fingerprint density at radius 3 is 2.84 bits per heavy atom. The van der Waals surface area contributed by atoms with E-state index in [4.69, 9.17) is 5.73 Å². The van der Waals surface area contributed by atoms with Gasteiger partial charge < -0.3 is 15.7 Å². The molecular formula is C15H14N2O2. The Hall–Kier alpha value is -2.49. The van der Waals surface area contributed by atoms with Gasteiger partial charge in [0.05, 0.1) is 0 Å². The molecule has 0 saturated carbocycles. The molecule has 3 rings (SSSR count). The van der Waals surface area contributed by atoms with E-state index in [1.165, 1.54) is 0 Å². The summed E-state index contributed by atoms with van der Waals surface area (Å²) in [5.41, 5.74) is 8.90. The fourth-order valence-corrected chi connectivity index (χ4v) is 2.38. The number of nitrogens with zero attached hydrogens (tertiary/aromatic N) is 1.